The van der Waals surface area contributed by atoms with Gasteiger partial charge < -0.3 is 9.64 Å². The van der Waals surface area contributed by atoms with Gasteiger partial charge in [-0.3, -0.25) is 14.9 Å². The highest BCUT2D eigenvalue weighted by atomic mass is 32.1. The number of amides is 1. The second-order valence-electron chi connectivity index (χ2n) is 6.17. The van der Waals surface area contributed by atoms with Gasteiger partial charge in [0.05, 0.1) is 11.5 Å². The van der Waals surface area contributed by atoms with Gasteiger partial charge in [0.1, 0.15) is 5.75 Å². The summed E-state index contributed by atoms with van der Waals surface area (Å²) in [6.07, 6.45) is 0.759. The van der Waals surface area contributed by atoms with Gasteiger partial charge in [0.2, 0.25) is 0 Å². The van der Waals surface area contributed by atoms with Gasteiger partial charge in [-0.05, 0) is 35.6 Å². The second-order valence-corrected chi connectivity index (χ2v) is 7.20. The van der Waals surface area contributed by atoms with Gasteiger partial charge in [-0.1, -0.05) is 36.4 Å². The molecule has 144 valence electrons. The van der Waals surface area contributed by atoms with E-state index < -0.39 is 4.92 Å². The average molecular weight is 396 g/mol. The van der Waals surface area contributed by atoms with Gasteiger partial charge in [-0.25, -0.2) is 0 Å². The molecule has 0 unspecified atom stereocenters. The number of carbonyl (C=O) groups is 1. The first-order chi connectivity index (χ1) is 13.6. The lowest BCUT2D eigenvalue weighted by molar-refractivity contribution is -0.384. The summed E-state index contributed by atoms with van der Waals surface area (Å²) in [7, 11) is 0. The van der Waals surface area contributed by atoms with Gasteiger partial charge in [0, 0.05) is 23.6 Å². The van der Waals surface area contributed by atoms with Crippen molar-refractivity contribution in [3.8, 4) is 5.75 Å². The highest BCUT2D eigenvalue weighted by molar-refractivity contribution is 7.09. The molecule has 0 radical (unpaired) electrons. The lowest BCUT2D eigenvalue weighted by Gasteiger charge is -2.22. The molecule has 0 aliphatic carbocycles. The molecule has 6 nitrogen and oxygen atoms in total. The number of hydrogen-bond acceptors (Lipinski definition) is 5. The van der Waals surface area contributed by atoms with Gasteiger partial charge in [0.25, 0.3) is 11.6 Å². The van der Waals surface area contributed by atoms with Gasteiger partial charge >= 0.3 is 0 Å². The number of nitrogens with zero attached hydrogens (tertiary/aromatic N) is 2. The fourth-order valence-corrected chi connectivity index (χ4v) is 3.41. The van der Waals surface area contributed by atoms with Crippen LogP contribution in [0.3, 0.4) is 0 Å². The first-order valence-electron chi connectivity index (χ1n) is 8.83. The third-order valence-electron chi connectivity index (χ3n) is 4.20. The molecule has 3 aromatic rings. The number of rotatable bonds is 9. The van der Waals surface area contributed by atoms with Crippen molar-refractivity contribution in [2.24, 2.45) is 0 Å². The van der Waals surface area contributed by atoms with Crippen LogP contribution in [-0.2, 0) is 17.8 Å². The van der Waals surface area contributed by atoms with E-state index in [4.69, 9.17) is 4.74 Å². The van der Waals surface area contributed by atoms with Crippen LogP contribution >= 0.6 is 11.3 Å². The molecule has 0 fully saturated rings. The summed E-state index contributed by atoms with van der Waals surface area (Å²) < 4.78 is 5.54. The summed E-state index contributed by atoms with van der Waals surface area (Å²) in [5.41, 5.74) is 1.16. The molecule has 2 aromatic carbocycles. The number of benzene rings is 2. The lowest BCUT2D eigenvalue weighted by atomic mass is 10.1. The maximum atomic E-state index is 12.7. The molecule has 1 amide bonds. The van der Waals surface area contributed by atoms with Gasteiger partial charge in [-0.15, -0.1) is 11.3 Å². The number of nitro benzene ring substituents is 1. The number of thiophene rings is 1. The Balaban J connectivity index is 1.61. The Bertz CT molecular complexity index is 896. The smallest absolute Gasteiger partial charge is 0.269 e. The Morgan fingerprint density at radius 1 is 1.04 bits per heavy atom. The van der Waals surface area contributed by atoms with Crippen molar-refractivity contribution in [1.82, 2.24) is 4.90 Å². The van der Waals surface area contributed by atoms with Crippen LogP contribution in [0.5, 0.6) is 5.75 Å². The SMILES string of the molecule is O=C(COc1ccc([N+](=O)[O-])cc1)N(CCc1ccccc1)Cc1cccs1. The van der Waals surface area contributed by atoms with Crippen LogP contribution in [0, 0.1) is 10.1 Å². The largest absolute Gasteiger partial charge is 0.484 e. The Labute approximate surface area is 167 Å². The van der Waals surface area contributed by atoms with Crippen molar-refractivity contribution in [3.05, 3.63) is 92.7 Å². The van der Waals surface area contributed by atoms with E-state index in [0.29, 0.717) is 18.8 Å². The molecule has 7 heteroatoms. The first-order valence-corrected chi connectivity index (χ1v) is 9.71. The molecule has 1 heterocycles. The summed E-state index contributed by atoms with van der Waals surface area (Å²) >= 11 is 1.61. The van der Waals surface area contributed by atoms with Crippen LogP contribution in [0.15, 0.2) is 72.1 Å². The predicted octanol–water partition coefficient (Wildman–Crippen LogP) is 4.31. The fraction of sp³-hybridized carbons (Fsp3) is 0.190. The number of nitro groups is 1. The summed E-state index contributed by atoms with van der Waals surface area (Å²) in [5, 5.41) is 12.7. The molecule has 1 aromatic heterocycles. The highest BCUT2D eigenvalue weighted by Crippen LogP contribution is 2.18. The molecular formula is C21H20N2O4S. The monoisotopic (exact) mass is 396 g/mol. The Morgan fingerprint density at radius 3 is 2.43 bits per heavy atom. The molecule has 0 aliphatic rings. The normalized spacial score (nSPS) is 10.4. The van der Waals surface area contributed by atoms with E-state index in [-0.39, 0.29) is 18.2 Å². The predicted molar refractivity (Wildman–Crippen MR) is 108 cm³/mol. The topological polar surface area (TPSA) is 72.7 Å². The zero-order valence-corrected chi connectivity index (χ0v) is 16.0. The van der Waals surface area contributed by atoms with Crippen molar-refractivity contribution >= 4 is 22.9 Å². The van der Waals surface area contributed by atoms with Crippen molar-refractivity contribution in [2.45, 2.75) is 13.0 Å². The van der Waals surface area contributed by atoms with E-state index in [1.54, 1.807) is 16.2 Å². The third kappa shape index (κ3) is 5.65. The molecule has 0 N–H and O–H groups in total. The standard InChI is InChI=1S/C21H20N2O4S/c24-21(16-27-19-10-8-18(9-11-19)23(25)26)22(15-20-7-4-14-28-20)13-12-17-5-2-1-3-6-17/h1-11,14H,12-13,15-16H2. The molecule has 0 saturated heterocycles. The summed E-state index contributed by atoms with van der Waals surface area (Å²) in [4.78, 5) is 25.9. The first kappa shape index (κ1) is 19.6. The van der Waals surface area contributed by atoms with Crippen molar-refractivity contribution < 1.29 is 14.5 Å². The lowest BCUT2D eigenvalue weighted by Crippen LogP contribution is -2.35. The van der Waals surface area contributed by atoms with Gasteiger partial charge in [-0.2, -0.15) is 0 Å². The molecule has 0 atom stereocenters. The minimum atomic E-state index is -0.471. The molecular weight excluding hydrogens is 376 g/mol. The highest BCUT2D eigenvalue weighted by Gasteiger charge is 2.16. The van der Waals surface area contributed by atoms with E-state index in [2.05, 4.69) is 0 Å². The molecule has 0 bridgehead atoms. The van der Waals surface area contributed by atoms with Crippen LogP contribution in [-0.4, -0.2) is 28.9 Å². The van der Waals surface area contributed by atoms with Crippen LogP contribution < -0.4 is 4.74 Å². The van der Waals surface area contributed by atoms with Crippen LogP contribution in [0.1, 0.15) is 10.4 Å². The number of non-ortho nitro benzene ring substituents is 1. The Morgan fingerprint density at radius 2 is 1.79 bits per heavy atom. The average Bonchev–Trinajstić information content (AvgIpc) is 3.23. The zero-order valence-electron chi connectivity index (χ0n) is 15.2. The van der Waals surface area contributed by atoms with Crippen LogP contribution in [0.2, 0.25) is 0 Å². The second kappa shape index (κ2) is 9.66. The van der Waals surface area contributed by atoms with Crippen LogP contribution in [0.25, 0.3) is 0 Å². The summed E-state index contributed by atoms with van der Waals surface area (Å²) in [6, 6.07) is 19.7. The maximum Gasteiger partial charge on any atom is 0.269 e. The quantitative estimate of drug-likeness (QED) is 0.399. The molecule has 0 spiro atoms. The van der Waals surface area contributed by atoms with Gasteiger partial charge in [0.15, 0.2) is 6.61 Å². The number of carbonyl (C=O) groups excluding carboxylic acids is 1. The molecule has 28 heavy (non-hydrogen) atoms. The van der Waals surface area contributed by atoms with Crippen LogP contribution in [0.4, 0.5) is 5.69 Å². The molecule has 0 aliphatic heterocycles. The Hall–Kier alpha value is -3.19. The summed E-state index contributed by atoms with van der Waals surface area (Å²) in [6.45, 7) is 1.01. The molecule has 0 saturated carbocycles. The number of ether oxygens (including phenoxy) is 1. The van der Waals surface area contributed by atoms with E-state index >= 15 is 0 Å². The molecule has 3 rings (SSSR count). The minimum Gasteiger partial charge on any atom is -0.484 e. The van der Waals surface area contributed by atoms with E-state index in [9.17, 15) is 14.9 Å². The number of hydrogen-bond donors (Lipinski definition) is 0. The Kier molecular flexibility index (Phi) is 6.75. The van der Waals surface area contributed by atoms with Crippen molar-refractivity contribution in [3.63, 3.8) is 0 Å². The van der Waals surface area contributed by atoms with E-state index in [0.717, 1.165) is 11.3 Å². The maximum absolute atomic E-state index is 12.7. The fourth-order valence-electron chi connectivity index (χ4n) is 2.69. The summed E-state index contributed by atoms with van der Waals surface area (Å²) in [5.74, 6) is 0.306. The minimum absolute atomic E-state index is 0.0131. The third-order valence-corrected chi connectivity index (χ3v) is 5.06. The van der Waals surface area contributed by atoms with E-state index in [1.165, 1.54) is 29.8 Å². The van der Waals surface area contributed by atoms with Crippen molar-refractivity contribution in [2.75, 3.05) is 13.2 Å². The zero-order chi connectivity index (χ0) is 19.8. The van der Waals surface area contributed by atoms with E-state index in [1.807, 2.05) is 47.8 Å². The van der Waals surface area contributed by atoms with Crippen molar-refractivity contribution in [1.29, 1.82) is 0 Å².